The Hall–Kier alpha value is -2.44. The van der Waals surface area contributed by atoms with Crippen LogP contribution in [-0.2, 0) is 6.42 Å². The van der Waals surface area contributed by atoms with Crippen LogP contribution >= 0.6 is 0 Å². The lowest BCUT2D eigenvalue weighted by Crippen LogP contribution is -2.34. The number of ether oxygens (including phenoxy) is 2. The molecule has 0 bridgehead atoms. The smallest absolute Gasteiger partial charge is 0.231 e. The first-order chi connectivity index (χ1) is 12.9. The molecule has 3 heteroatoms. The van der Waals surface area contributed by atoms with Gasteiger partial charge in [-0.15, -0.1) is 0 Å². The van der Waals surface area contributed by atoms with Crippen LogP contribution in [0.4, 0.5) is 0 Å². The minimum absolute atomic E-state index is 0.312. The SMILES string of the molecule is C(#Cc1ccc2c(c1)OCO2)CCN1CCC(Cc2ccccc2)CC1. The van der Waals surface area contributed by atoms with Crippen LogP contribution < -0.4 is 9.47 Å². The van der Waals surface area contributed by atoms with E-state index in [1.165, 1.54) is 37.9 Å². The van der Waals surface area contributed by atoms with Crippen molar-refractivity contribution in [3.63, 3.8) is 0 Å². The van der Waals surface area contributed by atoms with Gasteiger partial charge in [-0.05, 0) is 62.0 Å². The lowest BCUT2D eigenvalue weighted by Gasteiger charge is -2.31. The maximum atomic E-state index is 5.39. The molecule has 0 atom stereocenters. The molecule has 134 valence electrons. The second-order valence-corrected chi connectivity index (χ2v) is 7.09. The fourth-order valence-electron chi connectivity index (χ4n) is 3.71. The van der Waals surface area contributed by atoms with Crippen molar-refractivity contribution in [2.24, 2.45) is 5.92 Å². The largest absolute Gasteiger partial charge is 0.454 e. The van der Waals surface area contributed by atoms with Crippen molar-refractivity contribution < 1.29 is 9.47 Å². The van der Waals surface area contributed by atoms with E-state index >= 15 is 0 Å². The van der Waals surface area contributed by atoms with E-state index in [4.69, 9.17) is 9.47 Å². The van der Waals surface area contributed by atoms with E-state index in [0.717, 1.165) is 35.9 Å². The van der Waals surface area contributed by atoms with E-state index in [1.54, 1.807) is 0 Å². The molecule has 0 saturated carbocycles. The highest BCUT2D eigenvalue weighted by Crippen LogP contribution is 2.32. The molecule has 1 fully saturated rings. The molecule has 0 spiro atoms. The summed E-state index contributed by atoms with van der Waals surface area (Å²) in [4.78, 5) is 2.55. The molecule has 2 aliphatic heterocycles. The Kier molecular flexibility index (Phi) is 5.42. The molecule has 1 saturated heterocycles. The van der Waals surface area contributed by atoms with Gasteiger partial charge >= 0.3 is 0 Å². The summed E-state index contributed by atoms with van der Waals surface area (Å²) < 4.78 is 10.7. The molecule has 0 amide bonds. The topological polar surface area (TPSA) is 21.7 Å². The van der Waals surface area contributed by atoms with Crippen LogP contribution in [0.1, 0.15) is 30.4 Å². The van der Waals surface area contributed by atoms with Gasteiger partial charge in [0.05, 0.1) is 0 Å². The van der Waals surface area contributed by atoms with Gasteiger partial charge in [-0.25, -0.2) is 0 Å². The lowest BCUT2D eigenvalue weighted by atomic mass is 9.90. The van der Waals surface area contributed by atoms with E-state index < -0.39 is 0 Å². The summed E-state index contributed by atoms with van der Waals surface area (Å²) in [5.74, 6) is 8.99. The van der Waals surface area contributed by atoms with Crippen molar-refractivity contribution in [1.82, 2.24) is 4.90 Å². The summed E-state index contributed by atoms with van der Waals surface area (Å²) >= 11 is 0. The van der Waals surface area contributed by atoms with Crippen molar-refractivity contribution in [2.75, 3.05) is 26.4 Å². The molecule has 2 aromatic carbocycles. The molecular weight excluding hydrogens is 322 g/mol. The number of likely N-dealkylation sites (tertiary alicyclic amines) is 1. The van der Waals surface area contributed by atoms with Gasteiger partial charge in [0.25, 0.3) is 0 Å². The molecule has 0 aliphatic carbocycles. The molecule has 0 aromatic heterocycles. The number of hydrogen-bond donors (Lipinski definition) is 0. The predicted molar refractivity (Wildman–Crippen MR) is 103 cm³/mol. The first-order valence-corrected chi connectivity index (χ1v) is 9.51. The summed E-state index contributed by atoms with van der Waals surface area (Å²) in [6.45, 7) is 3.77. The van der Waals surface area contributed by atoms with Crippen LogP contribution in [-0.4, -0.2) is 31.3 Å². The minimum atomic E-state index is 0.312. The molecule has 4 rings (SSSR count). The van der Waals surface area contributed by atoms with E-state index in [9.17, 15) is 0 Å². The molecular formula is C23H25NO2. The van der Waals surface area contributed by atoms with Crippen molar-refractivity contribution in [2.45, 2.75) is 25.7 Å². The van der Waals surface area contributed by atoms with Crippen LogP contribution in [0.15, 0.2) is 48.5 Å². The number of hydrogen-bond acceptors (Lipinski definition) is 3. The van der Waals surface area contributed by atoms with Crippen molar-refractivity contribution >= 4 is 0 Å². The molecule has 0 unspecified atom stereocenters. The first-order valence-electron chi connectivity index (χ1n) is 9.51. The van der Waals surface area contributed by atoms with E-state index in [-0.39, 0.29) is 0 Å². The van der Waals surface area contributed by atoms with Crippen LogP contribution in [0, 0.1) is 17.8 Å². The Labute approximate surface area is 155 Å². The van der Waals surface area contributed by atoms with Gasteiger partial charge in [-0.2, -0.15) is 0 Å². The van der Waals surface area contributed by atoms with Crippen molar-refractivity contribution in [3.05, 3.63) is 59.7 Å². The highest BCUT2D eigenvalue weighted by atomic mass is 16.7. The zero-order chi connectivity index (χ0) is 17.6. The number of nitrogens with zero attached hydrogens (tertiary/aromatic N) is 1. The quantitative estimate of drug-likeness (QED) is 0.777. The van der Waals surface area contributed by atoms with Crippen LogP contribution in [0.3, 0.4) is 0 Å². The zero-order valence-corrected chi connectivity index (χ0v) is 15.1. The van der Waals surface area contributed by atoms with E-state index in [2.05, 4.69) is 47.1 Å². The Morgan fingerprint density at radius 1 is 0.962 bits per heavy atom. The highest BCUT2D eigenvalue weighted by Gasteiger charge is 2.18. The molecule has 26 heavy (non-hydrogen) atoms. The zero-order valence-electron chi connectivity index (χ0n) is 15.1. The number of rotatable bonds is 4. The van der Waals surface area contributed by atoms with Gasteiger partial charge in [0.1, 0.15) is 0 Å². The van der Waals surface area contributed by atoms with Crippen LogP contribution in [0.2, 0.25) is 0 Å². The third kappa shape index (κ3) is 4.39. The molecule has 2 aromatic rings. The van der Waals surface area contributed by atoms with Gasteiger partial charge in [0, 0.05) is 18.5 Å². The normalized spacial score (nSPS) is 16.9. The maximum absolute atomic E-state index is 5.39. The van der Waals surface area contributed by atoms with Crippen LogP contribution in [0.25, 0.3) is 0 Å². The Morgan fingerprint density at radius 3 is 2.62 bits per heavy atom. The number of fused-ring (bicyclic) bond motifs is 1. The molecule has 3 nitrogen and oxygen atoms in total. The average Bonchev–Trinajstić information content (AvgIpc) is 3.15. The van der Waals surface area contributed by atoms with Gasteiger partial charge in [0.2, 0.25) is 6.79 Å². The summed E-state index contributed by atoms with van der Waals surface area (Å²) in [7, 11) is 0. The Morgan fingerprint density at radius 2 is 1.77 bits per heavy atom. The third-order valence-electron chi connectivity index (χ3n) is 5.23. The fraction of sp³-hybridized carbons (Fsp3) is 0.391. The maximum Gasteiger partial charge on any atom is 0.231 e. The lowest BCUT2D eigenvalue weighted by molar-refractivity contribution is 0.174. The second-order valence-electron chi connectivity index (χ2n) is 7.09. The van der Waals surface area contributed by atoms with Crippen molar-refractivity contribution in [3.8, 4) is 23.3 Å². The van der Waals surface area contributed by atoms with E-state index in [0.29, 0.717) is 6.79 Å². The van der Waals surface area contributed by atoms with Gasteiger partial charge in [-0.1, -0.05) is 42.2 Å². The minimum Gasteiger partial charge on any atom is -0.454 e. The second kappa shape index (κ2) is 8.29. The Balaban J connectivity index is 1.20. The number of piperidine rings is 1. The third-order valence-corrected chi connectivity index (χ3v) is 5.23. The monoisotopic (exact) mass is 347 g/mol. The summed E-state index contributed by atoms with van der Waals surface area (Å²) in [5.41, 5.74) is 2.47. The fourth-order valence-corrected chi connectivity index (χ4v) is 3.71. The van der Waals surface area contributed by atoms with Gasteiger partial charge < -0.3 is 14.4 Å². The Bertz CT molecular complexity index is 783. The standard InChI is InChI=1S/C23H25NO2/c1-2-6-19(7-3-1)16-21-11-14-24(15-12-21)13-5-4-8-20-9-10-22-23(17-20)26-18-25-22/h1-3,6-7,9-10,17,21H,5,11-16,18H2. The molecule has 0 radical (unpaired) electrons. The predicted octanol–water partition coefficient (Wildman–Crippen LogP) is 4.11. The van der Waals surface area contributed by atoms with Gasteiger partial charge in [-0.3, -0.25) is 0 Å². The summed E-state index contributed by atoms with van der Waals surface area (Å²) in [6.07, 6.45) is 4.73. The van der Waals surface area contributed by atoms with Crippen LogP contribution in [0.5, 0.6) is 11.5 Å². The van der Waals surface area contributed by atoms with E-state index in [1.807, 2.05) is 18.2 Å². The summed E-state index contributed by atoms with van der Waals surface area (Å²) in [5, 5.41) is 0. The number of benzene rings is 2. The molecule has 2 aliphatic rings. The van der Waals surface area contributed by atoms with Gasteiger partial charge in [0.15, 0.2) is 11.5 Å². The first kappa shape index (κ1) is 17.0. The molecule has 2 heterocycles. The summed E-state index contributed by atoms with van der Waals surface area (Å²) in [6, 6.07) is 16.8. The van der Waals surface area contributed by atoms with Crippen molar-refractivity contribution in [1.29, 1.82) is 0 Å². The molecule has 0 N–H and O–H groups in total. The highest BCUT2D eigenvalue weighted by molar-refractivity contribution is 5.49. The average molecular weight is 347 g/mol.